The zero-order chi connectivity index (χ0) is 27.0. The molecule has 192 valence electrons. The molecule has 2 unspecified atom stereocenters. The number of nitrogens with zero attached hydrogens (tertiary/aromatic N) is 1. The topological polar surface area (TPSA) is 131 Å². The van der Waals surface area contributed by atoms with Crippen molar-refractivity contribution in [3.05, 3.63) is 54.6 Å². The fraction of sp³-hybridized carbons (Fsp3) is 0.462. The maximum atomic E-state index is 13.7. The van der Waals surface area contributed by atoms with Crippen LogP contribution in [0.2, 0.25) is 0 Å². The number of carbonyl (C=O) groups is 4. The zero-order valence-corrected chi connectivity index (χ0v) is 21.5. The molecule has 0 saturated heterocycles. The number of alkyl carbamates (subject to hydrolysis) is 1. The summed E-state index contributed by atoms with van der Waals surface area (Å²) in [5, 5.41) is 5.33. The molecule has 1 rings (SSSR count). The second-order valence-electron chi connectivity index (χ2n) is 10.2. The van der Waals surface area contributed by atoms with Crippen molar-refractivity contribution in [2.24, 2.45) is 5.73 Å². The molecule has 0 aliphatic carbocycles. The molecular formula is C26H38N4O5. The van der Waals surface area contributed by atoms with Gasteiger partial charge in [0.2, 0.25) is 17.7 Å². The highest BCUT2D eigenvalue weighted by molar-refractivity contribution is 5.94. The molecule has 1 aromatic rings. The lowest BCUT2D eigenvalue weighted by molar-refractivity contribution is -0.143. The molecule has 1 aromatic carbocycles. The summed E-state index contributed by atoms with van der Waals surface area (Å²) in [6, 6.07) is 4.58. The molecule has 0 bridgehead atoms. The molecule has 0 heterocycles. The first kappa shape index (κ1) is 29.4. The molecule has 0 spiro atoms. The van der Waals surface area contributed by atoms with Crippen LogP contribution >= 0.6 is 0 Å². The Morgan fingerprint density at radius 2 is 1.74 bits per heavy atom. The van der Waals surface area contributed by atoms with Gasteiger partial charge in [-0.3, -0.25) is 14.4 Å². The molecule has 0 aromatic heterocycles. The van der Waals surface area contributed by atoms with Crippen LogP contribution in [0, 0.1) is 0 Å². The largest absolute Gasteiger partial charge is 0.444 e. The van der Waals surface area contributed by atoms with Crippen molar-refractivity contribution in [2.45, 2.75) is 71.2 Å². The third-order valence-electron chi connectivity index (χ3n) is 4.52. The molecule has 0 aliphatic heterocycles. The number of nitrogens with two attached hydrogens (primary N) is 1. The lowest BCUT2D eigenvalue weighted by Crippen LogP contribution is -2.55. The fourth-order valence-corrected chi connectivity index (χ4v) is 3.28. The van der Waals surface area contributed by atoms with Gasteiger partial charge in [-0.2, -0.15) is 0 Å². The summed E-state index contributed by atoms with van der Waals surface area (Å²) in [6.45, 7) is 17.9. The Kier molecular flexibility index (Phi) is 10.2. The normalized spacial score (nSPS) is 13.1. The number of primary amides is 1. The second-order valence-corrected chi connectivity index (χ2v) is 10.2. The van der Waals surface area contributed by atoms with E-state index in [1.54, 1.807) is 45.0 Å². The summed E-state index contributed by atoms with van der Waals surface area (Å²) >= 11 is 0. The molecular weight excluding hydrogens is 448 g/mol. The van der Waals surface area contributed by atoms with Gasteiger partial charge in [0.1, 0.15) is 17.7 Å². The van der Waals surface area contributed by atoms with E-state index < -0.39 is 53.5 Å². The summed E-state index contributed by atoms with van der Waals surface area (Å²) < 4.78 is 5.24. The summed E-state index contributed by atoms with van der Waals surface area (Å²) in [4.78, 5) is 52.6. The molecule has 4 amide bonds. The van der Waals surface area contributed by atoms with Crippen LogP contribution in [0.5, 0.6) is 0 Å². The monoisotopic (exact) mass is 486 g/mol. The first-order valence-corrected chi connectivity index (χ1v) is 11.3. The molecule has 4 N–H and O–H groups in total. The number of hydrogen-bond acceptors (Lipinski definition) is 5. The number of nitrogens with one attached hydrogen (secondary N) is 2. The van der Waals surface area contributed by atoms with Crippen LogP contribution in [-0.2, 0) is 19.1 Å². The summed E-state index contributed by atoms with van der Waals surface area (Å²) in [5.41, 5.74) is 5.22. The van der Waals surface area contributed by atoms with Crippen molar-refractivity contribution in [3.63, 3.8) is 0 Å². The van der Waals surface area contributed by atoms with Gasteiger partial charge in [-0.25, -0.2) is 4.79 Å². The lowest BCUT2D eigenvalue weighted by Gasteiger charge is -2.35. The van der Waals surface area contributed by atoms with E-state index in [0.717, 1.165) is 5.56 Å². The van der Waals surface area contributed by atoms with E-state index in [9.17, 15) is 19.2 Å². The van der Waals surface area contributed by atoms with Gasteiger partial charge >= 0.3 is 6.09 Å². The maximum Gasteiger partial charge on any atom is 0.408 e. The molecule has 9 heteroatoms. The van der Waals surface area contributed by atoms with Crippen molar-refractivity contribution in [2.75, 3.05) is 6.54 Å². The van der Waals surface area contributed by atoms with Gasteiger partial charge in [0, 0.05) is 12.1 Å². The van der Waals surface area contributed by atoms with Gasteiger partial charge in [-0.05, 0) is 58.7 Å². The maximum absolute atomic E-state index is 13.7. The lowest BCUT2D eigenvalue weighted by atomic mass is 9.98. The van der Waals surface area contributed by atoms with Crippen LogP contribution in [0.25, 0.3) is 6.08 Å². The predicted molar refractivity (Wildman–Crippen MR) is 136 cm³/mol. The van der Waals surface area contributed by atoms with Gasteiger partial charge < -0.3 is 26.0 Å². The standard InChI is InChI=1S/C26H38N4O5/c1-9-14-30(23(33)19(16-20(27)31)28-24(34)35-26(6,7)8)21(22(32)29-25(3,4)5)18-13-11-12-17(10-2)15-18/h9-13,15,19,21H,1-2,14,16H2,3-8H3,(H2,27,31)(H,28,34)(H,29,32). The minimum Gasteiger partial charge on any atom is -0.444 e. The SMILES string of the molecule is C=CCN(C(=O)C(CC(N)=O)NC(=O)OC(C)(C)C)C(C(=O)NC(C)(C)C)c1cccc(C=C)c1. The number of rotatable bonds is 10. The second kappa shape index (κ2) is 12.2. The van der Waals surface area contributed by atoms with Gasteiger partial charge in [-0.1, -0.05) is 36.9 Å². The van der Waals surface area contributed by atoms with E-state index in [2.05, 4.69) is 23.8 Å². The first-order chi connectivity index (χ1) is 16.1. The van der Waals surface area contributed by atoms with E-state index in [0.29, 0.717) is 5.56 Å². The Morgan fingerprint density at radius 1 is 1.11 bits per heavy atom. The Balaban J connectivity index is 3.53. The number of ether oxygens (including phenoxy) is 1. The number of amides is 4. The zero-order valence-electron chi connectivity index (χ0n) is 21.5. The molecule has 9 nitrogen and oxygen atoms in total. The Hall–Kier alpha value is -3.62. The summed E-state index contributed by atoms with van der Waals surface area (Å²) in [7, 11) is 0. The molecule has 0 radical (unpaired) electrons. The summed E-state index contributed by atoms with van der Waals surface area (Å²) in [6.07, 6.45) is 1.72. The van der Waals surface area contributed by atoms with Crippen molar-refractivity contribution in [1.82, 2.24) is 15.5 Å². The summed E-state index contributed by atoms with van der Waals surface area (Å²) in [5.74, 6) is -1.93. The molecule has 35 heavy (non-hydrogen) atoms. The Labute approximate surface area is 207 Å². The van der Waals surface area contributed by atoms with Crippen molar-refractivity contribution in [1.29, 1.82) is 0 Å². The highest BCUT2D eigenvalue weighted by Gasteiger charge is 2.37. The van der Waals surface area contributed by atoms with Crippen molar-refractivity contribution < 1.29 is 23.9 Å². The minimum absolute atomic E-state index is 0.0371. The molecule has 0 fully saturated rings. The van der Waals surface area contributed by atoms with Gasteiger partial charge in [0.05, 0.1) is 6.42 Å². The van der Waals surface area contributed by atoms with E-state index in [1.807, 2.05) is 26.8 Å². The molecule has 0 aliphatic rings. The third-order valence-corrected chi connectivity index (χ3v) is 4.52. The minimum atomic E-state index is -1.35. The highest BCUT2D eigenvalue weighted by Crippen LogP contribution is 2.25. The quantitative estimate of drug-likeness (QED) is 0.438. The van der Waals surface area contributed by atoms with E-state index in [1.165, 1.54) is 11.0 Å². The molecule has 2 atom stereocenters. The first-order valence-electron chi connectivity index (χ1n) is 11.3. The van der Waals surface area contributed by atoms with Crippen LogP contribution in [0.15, 0.2) is 43.5 Å². The molecule has 0 saturated carbocycles. The van der Waals surface area contributed by atoms with Crippen molar-refractivity contribution in [3.8, 4) is 0 Å². The highest BCUT2D eigenvalue weighted by atomic mass is 16.6. The number of benzene rings is 1. The van der Waals surface area contributed by atoms with Crippen LogP contribution in [0.4, 0.5) is 4.79 Å². The fourth-order valence-electron chi connectivity index (χ4n) is 3.28. The smallest absolute Gasteiger partial charge is 0.408 e. The van der Waals surface area contributed by atoms with Crippen molar-refractivity contribution >= 4 is 29.9 Å². The number of carbonyl (C=O) groups excluding carboxylic acids is 4. The Bertz CT molecular complexity index is 959. The van der Waals surface area contributed by atoms with Crippen LogP contribution in [-0.4, -0.2) is 52.4 Å². The van der Waals surface area contributed by atoms with Crippen LogP contribution in [0.3, 0.4) is 0 Å². The van der Waals surface area contributed by atoms with E-state index >= 15 is 0 Å². The van der Waals surface area contributed by atoms with Crippen LogP contribution < -0.4 is 16.4 Å². The van der Waals surface area contributed by atoms with Gasteiger partial charge in [-0.15, -0.1) is 6.58 Å². The van der Waals surface area contributed by atoms with E-state index in [4.69, 9.17) is 10.5 Å². The average Bonchev–Trinajstić information content (AvgIpc) is 2.69. The van der Waals surface area contributed by atoms with Gasteiger partial charge in [0.25, 0.3) is 0 Å². The van der Waals surface area contributed by atoms with Crippen LogP contribution in [0.1, 0.15) is 65.1 Å². The number of hydrogen-bond donors (Lipinski definition) is 3. The average molecular weight is 487 g/mol. The van der Waals surface area contributed by atoms with E-state index in [-0.39, 0.29) is 6.54 Å². The Morgan fingerprint density at radius 3 is 2.23 bits per heavy atom. The third kappa shape index (κ3) is 10.0. The predicted octanol–water partition coefficient (Wildman–Crippen LogP) is 3.07. The van der Waals surface area contributed by atoms with Gasteiger partial charge in [0.15, 0.2) is 0 Å².